The second-order valence-corrected chi connectivity index (χ2v) is 9.86. The molecule has 0 aliphatic carbocycles. The molecule has 0 aliphatic rings. The predicted octanol–water partition coefficient (Wildman–Crippen LogP) is 6.27. The lowest BCUT2D eigenvalue weighted by Gasteiger charge is -2.14. The summed E-state index contributed by atoms with van der Waals surface area (Å²) < 4.78 is 13.1. The number of aliphatic hydroxyl groups excluding tert-OH is 1. The molecule has 0 fully saturated rings. The van der Waals surface area contributed by atoms with Crippen molar-refractivity contribution < 1.29 is 14.6 Å². The van der Waals surface area contributed by atoms with Crippen LogP contribution in [0.2, 0.25) is 10.0 Å². The van der Waals surface area contributed by atoms with Gasteiger partial charge in [-0.2, -0.15) is 4.98 Å². The summed E-state index contributed by atoms with van der Waals surface area (Å²) in [5.41, 5.74) is 3.41. The van der Waals surface area contributed by atoms with Crippen LogP contribution in [-0.4, -0.2) is 45.7 Å². The highest BCUT2D eigenvalue weighted by Gasteiger charge is 2.17. The number of halogens is 2. The quantitative estimate of drug-likeness (QED) is 0.220. The second kappa shape index (κ2) is 12.9. The van der Waals surface area contributed by atoms with Crippen LogP contribution in [0.1, 0.15) is 19.4 Å². The van der Waals surface area contributed by atoms with Crippen LogP contribution in [-0.2, 0) is 11.3 Å². The molecular weight excluding hydrogens is 511 g/mol. The van der Waals surface area contributed by atoms with Gasteiger partial charge in [0.05, 0.1) is 41.7 Å². The average molecular weight is 541 g/mol. The highest BCUT2D eigenvalue weighted by molar-refractivity contribution is 6.42. The number of aliphatic hydroxyl groups is 1. The number of nitrogens with one attached hydrogen (secondary N) is 1. The molecule has 1 heterocycles. The Labute approximate surface area is 227 Å². The molecule has 1 atom stereocenters. The van der Waals surface area contributed by atoms with Gasteiger partial charge in [0, 0.05) is 17.8 Å². The molecule has 7 nitrogen and oxygen atoms in total. The van der Waals surface area contributed by atoms with Crippen molar-refractivity contribution in [3.05, 3.63) is 88.4 Å². The van der Waals surface area contributed by atoms with Crippen LogP contribution in [0.15, 0.2) is 72.8 Å². The number of benzene rings is 3. The van der Waals surface area contributed by atoms with Crippen LogP contribution in [0.3, 0.4) is 0 Å². The van der Waals surface area contributed by atoms with E-state index in [-0.39, 0.29) is 12.6 Å². The first-order valence-electron chi connectivity index (χ1n) is 12.1. The van der Waals surface area contributed by atoms with E-state index in [1.54, 1.807) is 16.8 Å². The fourth-order valence-corrected chi connectivity index (χ4v) is 3.82. The van der Waals surface area contributed by atoms with E-state index in [1.165, 1.54) is 0 Å². The summed E-state index contributed by atoms with van der Waals surface area (Å²) in [5, 5.41) is 19.1. The highest BCUT2D eigenvalue weighted by Crippen LogP contribution is 2.30. The van der Waals surface area contributed by atoms with Gasteiger partial charge < -0.3 is 19.9 Å². The molecule has 0 saturated carbocycles. The zero-order valence-corrected chi connectivity index (χ0v) is 22.3. The van der Waals surface area contributed by atoms with Crippen LogP contribution in [0, 0.1) is 5.92 Å². The minimum absolute atomic E-state index is 0.225. The third kappa shape index (κ3) is 7.69. The molecular formula is C28H30Cl2N4O3. The maximum Gasteiger partial charge on any atom is 0.336 e. The molecule has 0 saturated heterocycles. The van der Waals surface area contributed by atoms with Crippen LogP contribution in [0.4, 0.5) is 5.69 Å². The van der Waals surface area contributed by atoms with Crippen molar-refractivity contribution in [2.24, 2.45) is 5.92 Å². The van der Waals surface area contributed by atoms with Crippen LogP contribution in [0.25, 0.3) is 17.1 Å². The van der Waals surface area contributed by atoms with Crippen LogP contribution in [0.5, 0.6) is 6.01 Å². The predicted molar refractivity (Wildman–Crippen MR) is 148 cm³/mol. The lowest BCUT2D eigenvalue weighted by molar-refractivity contribution is 0.0348. The molecule has 9 heteroatoms. The summed E-state index contributed by atoms with van der Waals surface area (Å²) in [5.74, 6) is 0.903. The first kappa shape index (κ1) is 26.9. The number of hydrogen-bond acceptors (Lipinski definition) is 6. The first-order valence-corrected chi connectivity index (χ1v) is 12.8. The lowest BCUT2D eigenvalue weighted by atomic mass is 10.2. The summed E-state index contributed by atoms with van der Waals surface area (Å²) in [6, 6.07) is 23.2. The summed E-state index contributed by atoms with van der Waals surface area (Å²) in [6.45, 7) is 5.63. The largest absolute Gasteiger partial charge is 0.462 e. The van der Waals surface area contributed by atoms with Gasteiger partial charge in [-0.15, -0.1) is 5.10 Å². The number of aromatic nitrogens is 3. The smallest absolute Gasteiger partial charge is 0.336 e. The van der Waals surface area contributed by atoms with Gasteiger partial charge in [0.25, 0.3) is 0 Å². The fourth-order valence-electron chi connectivity index (χ4n) is 3.53. The number of ether oxygens (including phenoxy) is 2. The zero-order chi connectivity index (χ0) is 26.2. The first-order chi connectivity index (χ1) is 17.9. The topological polar surface area (TPSA) is 81.4 Å². The Morgan fingerprint density at radius 3 is 2.51 bits per heavy atom. The molecule has 4 rings (SSSR count). The standard InChI is InChI=1S/C28H30Cl2N4O3/c1-19(2)16-37-28-32-27(21-11-12-25(29)26(30)13-21)34(33-28)23-10-6-9-22(14-23)31-15-24(35)18-36-17-20-7-4-3-5-8-20/h3-14,19,24,31,35H,15-18H2,1-2H3. The molecule has 0 spiro atoms. The number of anilines is 1. The fraction of sp³-hybridized carbons (Fsp3) is 0.286. The third-order valence-corrected chi connectivity index (χ3v) is 6.10. The summed E-state index contributed by atoms with van der Waals surface area (Å²) in [4.78, 5) is 4.61. The van der Waals surface area contributed by atoms with Gasteiger partial charge in [0.15, 0.2) is 5.82 Å². The molecule has 1 unspecified atom stereocenters. The van der Waals surface area contributed by atoms with Crippen molar-refractivity contribution in [1.82, 2.24) is 14.8 Å². The van der Waals surface area contributed by atoms with Crippen molar-refractivity contribution >= 4 is 28.9 Å². The van der Waals surface area contributed by atoms with Crippen molar-refractivity contribution in [1.29, 1.82) is 0 Å². The second-order valence-electron chi connectivity index (χ2n) is 9.05. The summed E-state index contributed by atoms with van der Waals surface area (Å²) in [7, 11) is 0. The zero-order valence-electron chi connectivity index (χ0n) is 20.8. The molecule has 1 aromatic heterocycles. The molecule has 2 N–H and O–H groups in total. The number of nitrogens with zero attached hydrogens (tertiary/aromatic N) is 3. The minimum atomic E-state index is -0.665. The third-order valence-electron chi connectivity index (χ3n) is 5.37. The van der Waals surface area contributed by atoms with Gasteiger partial charge in [0.2, 0.25) is 0 Å². The number of rotatable bonds is 12. The Kier molecular flexibility index (Phi) is 9.41. The van der Waals surface area contributed by atoms with E-state index in [2.05, 4.69) is 29.2 Å². The van der Waals surface area contributed by atoms with E-state index in [1.807, 2.05) is 60.7 Å². The van der Waals surface area contributed by atoms with Gasteiger partial charge in [-0.05, 0) is 47.9 Å². The SMILES string of the molecule is CC(C)COc1nc(-c2ccc(Cl)c(Cl)c2)n(-c2cccc(NCC(O)COCc3ccccc3)c2)n1. The molecule has 0 radical (unpaired) electrons. The van der Waals surface area contributed by atoms with E-state index in [0.717, 1.165) is 22.5 Å². The Morgan fingerprint density at radius 1 is 0.946 bits per heavy atom. The van der Waals surface area contributed by atoms with Crippen molar-refractivity contribution in [3.8, 4) is 23.1 Å². The van der Waals surface area contributed by atoms with Gasteiger partial charge in [-0.3, -0.25) is 0 Å². The van der Waals surface area contributed by atoms with Gasteiger partial charge >= 0.3 is 6.01 Å². The number of hydrogen-bond donors (Lipinski definition) is 2. The van der Waals surface area contributed by atoms with Gasteiger partial charge in [-0.25, -0.2) is 4.68 Å². The van der Waals surface area contributed by atoms with Crippen molar-refractivity contribution in [3.63, 3.8) is 0 Å². The average Bonchev–Trinajstić information content (AvgIpc) is 3.33. The van der Waals surface area contributed by atoms with E-state index < -0.39 is 6.10 Å². The van der Waals surface area contributed by atoms with Crippen LogP contribution >= 0.6 is 23.2 Å². The molecule has 4 aromatic rings. The molecule has 194 valence electrons. The molecule has 0 amide bonds. The minimum Gasteiger partial charge on any atom is -0.462 e. The van der Waals surface area contributed by atoms with Gasteiger partial charge in [-0.1, -0.05) is 73.4 Å². The van der Waals surface area contributed by atoms with Crippen molar-refractivity contribution in [2.75, 3.05) is 25.1 Å². The monoisotopic (exact) mass is 540 g/mol. The molecule has 0 aliphatic heterocycles. The molecule has 0 bridgehead atoms. The maximum atomic E-state index is 10.4. The Balaban J connectivity index is 1.47. The normalized spacial score (nSPS) is 12.1. The van der Waals surface area contributed by atoms with E-state index in [4.69, 9.17) is 32.7 Å². The highest BCUT2D eigenvalue weighted by atomic mass is 35.5. The summed E-state index contributed by atoms with van der Waals surface area (Å²) >= 11 is 12.4. The molecule has 37 heavy (non-hydrogen) atoms. The van der Waals surface area contributed by atoms with E-state index in [9.17, 15) is 5.11 Å². The Morgan fingerprint density at radius 2 is 1.76 bits per heavy atom. The van der Waals surface area contributed by atoms with Crippen LogP contribution < -0.4 is 10.1 Å². The van der Waals surface area contributed by atoms with E-state index in [0.29, 0.717) is 41.5 Å². The lowest BCUT2D eigenvalue weighted by Crippen LogP contribution is -2.24. The van der Waals surface area contributed by atoms with E-state index >= 15 is 0 Å². The van der Waals surface area contributed by atoms with Gasteiger partial charge in [0.1, 0.15) is 0 Å². The Hall–Kier alpha value is -3.10. The molecule has 3 aromatic carbocycles. The maximum absolute atomic E-state index is 10.4. The van der Waals surface area contributed by atoms with Crippen molar-refractivity contribution in [2.45, 2.75) is 26.6 Å². The Bertz CT molecular complexity index is 1300. The summed E-state index contributed by atoms with van der Waals surface area (Å²) in [6.07, 6.45) is -0.665.